The van der Waals surface area contributed by atoms with Gasteiger partial charge < -0.3 is 5.73 Å². The van der Waals surface area contributed by atoms with Crippen LogP contribution in [0.15, 0.2) is 0 Å². The van der Waals surface area contributed by atoms with Crippen molar-refractivity contribution in [2.24, 2.45) is 11.1 Å². The fraction of sp³-hybridized carbons (Fsp3) is 0.769. The van der Waals surface area contributed by atoms with Crippen LogP contribution in [0.1, 0.15) is 51.4 Å². The Morgan fingerprint density at radius 3 is 2.17 bits per heavy atom. The summed E-state index contributed by atoms with van der Waals surface area (Å²) in [6, 6.07) is 0. The number of imide groups is 1. The van der Waals surface area contributed by atoms with Gasteiger partial charge in [0.15, 0.2) is 0 Å². The maximum Gasteiger partial charge on any atom is 0.229 e. The smallest absolute Gasteiger partial charge is 0.229 e. The molecule has 18 heavy (non-hydrogen) atoms. The summed E-state index contributed by atoms with van der Waals surface area (Å²) in [5, 5.41) is 0. The molecule has 1 saturated carbocycles. The number of likely N-dealkylation sites (tertiary alicyclic amines) is 1. The van der Waals surface area contributed by atoms with Crippen LogP contribution in [-0.4, -0.2) is 29.2 Å². The first-order valence-electron chi connectivity index (χ1n) is 6.64. The molecule has 2 rings (SSSR count). The van der Waals surface area contributed by atoms with Crippen LogP contribution in [0.25, 0.3) is 0 Å². The van der Waals surface area contributed by atoms with Gasteiger partial charge in [-0.1, -0.05) is 19.3 Å². The van der Waals surface area contributed by atoms with Crippen LogP contribution < -0.4 is 5.73 Å². The lowest BCUT2D eigenvalue weighted by Gasteiger charge is -2.42. The minimum Gasteiger partial charge on any atom is -0.370 e. The van der Waals surface area contributed by atoms with Gasteiger partial charge >= 0.3 is 0 Å². The molecule has 0 bridgehead atoms. The van der Waals surface area contributed by atoms with Crippen LogP contribution in [0.4, 0.5) is 0 Å². The van der Waals surface area contributed by atoms with Crippen molar-refractivity contribution in [2.75, 3.05) is 6.54 Å². The van der Waals surface area contributed by atoms with Crippen molar-refractivity contribution in [1.29, 1.82) is 0 Å². The second-order valence-corrected chi connectivity index (χ2v) is 5.57. The van der Waals surface area contributed by atoms with E-state index < -0.39 is 5.91 Å². The van der Waals surface area contributed by atoms with Crippen molar-refractivity contribution in [3.8, 4) is 0 Å². The molecule has 0 unspecified atom stereocenters. The van der Waals surface area contributed by atoms with Crippen molar-refractivity contribution < 1.29 is 14.4 Å². The Hall–Kier alpha value is -1.39. The Labute approximate surface area is 107 Å². The molecule has 5 heteroatoms. The predicted molar refractivity (Wildman–Crippen MR) is 65.3 cm³/mol. The molecule has 0 aromatic heterocycles. The second-order valence-electron chi connectivity index (χ2n) is 5.57. The van der Waals surface area contributed by atoms with Gasteiger partial charge in [0.2, 0.25) is 17.7 Å². The number of primary amides is 1. The number of carbonyl (C=O) groups is 3. The number of amides is 3. The van der Waals surface area contributed by atoms with Gasteiger partial charge in [0, 0.05) is 25.8 Å². The van der Waals surface area contributed by atoms with Gasteiger partial charge in [-0.25, -0.2) is 0 Å². The number of rotatable bonds is 3. The first-order chi connectivity index (χ1) is 8.52. The molecule has 0 aromatic rings. The average Bonchev–Trinajstić information content (AvgIpc) is 2.28. The lowest BCUT2D eigenvalue weighted by atomic mass is 9.67. The van der Waals surface area contributed by atoms with E-state index in [9.17, 15) is 14.4 Å². The van der Waals surface area contributed by atoms with Crippen LogP contribution in [-0.2, 0) is 14.4 Å². The number of piperidine rings is 1. The van der Waals surface area contributed by atoms with Gasteiger partial charge in [0.05, 0.1) is 0 Å². The molecule has 1 saturated heterocycles. The van der Waals surface area contributed by atoms with Crippen LogP contribution in [0.3, 0.4) is 0 Å². The molecule has 3 amide bonds. The maximum absolute atomic E-state index is 12.0. The highest BCUT2D eigenvalue weighted by molar-refractivity contribution is 5.98. The Kier molecular flexibility index (Phi) is 3.68. The summed E-state index contributed by atoms with van der Waals surface area (Å²) in [7, 11) is 0. The van der Waals surface area contributed by atoms with Crippen LogP contribution in [0.2, 0.25) is 0 Å². The molecule has 5 nitrogen and oxygen atoms in total. The molecule has 1 aliphatic carbocycles. The highest BCUT2D eigenvalue weighted by atomic mass is 16.2. The van der Waals surface area contributed by atoms with Crippen molar-refractivity contribution in [1.82, 2.24) is 4.90 Å². The summed E-state index contributed by atoms with van der Waals surface area (Å²) in [5.41, 5.74) is 4.96. The number of hydrogen-bond acceptors (Lipinski definition) is 3. The monoisotopic (exact) mass is 252 g/mol. The normalized spacial score (nSPS) is 23.4. The molecule has 0 radical (unpaired) electrons. The Morgan fingerprint density at radius 1 is 1.11 bits per heavy atom. The first-order valence-corrected chi connectivity index (χ1v) is 6.64. The van der Waals surface area contributed by atoms with Gasteiger partial charge in [0.1, 0.15) is 0 Å². The lowest BCUT2D eigenvalue weighted by molar-refractivity contribution is -0.154. The zero-order valence-corrected chi connectivity index (χ0v) is 10.6. The molecule has 2 N–H and O–H groups in total. The molecule has 0 atom stereocenters. The van der Waals surface area contributed by atoms with Crippen molar-refractivity contribution in [3.63, 3.8) is 0 Å². The summed E-state index contributed by atoms with van der Waals surface area (Å²) < 4.78 is 0. The topological polar surface area (TPSA) is 80.5 Å². The van der Waals surface area contributed by atoms with Crippen LogP contribution in [0, 0.1) is 5.41 Å². The van der Waals surface area contributed by atoms with Crippen molar-refractivity contribution in [3.05, 3.63) is 0 Å². The SMILES string of the molecule is NC(=O)CCN1C(=O)CC2(CCCCC2)CC1=O. The largest absolute Gasteiger partial charge is 0.370 e. The van der Waals surface area contributed by atoms with E-state index in [2.05, 4.69) is 0 Å². The van der Waals surface area contributed by atoms with E-state index in [0.717, 1.165) is 25.7 Å². The van der Waals surface area contributed by atoms with E-state index >= 15 is 0 Å². The van der Waals surface area contributed by atoms with Gasteiger partial charge in [-0.05, 0) is 18.3 Å². The minimum atomic E-state index is -0.478. The molecule has 0 aromatic carbocycles. The molecule has 100 valence electrons. The highest BCUT2D eigenvalue weighted by Gasteiger charge is 2.43. The number of hydrogen-bond donors (Lipinski definition) is 1. The molecular formula is C13H20N2O3. The average molecular weight is 252 g/mol. The van der Waals surface area contributed by atoms with E-state index in [4.69, 9.17) is 5.73 Å². The van der Waals surface area contributed by atoms with Gasteiger partial charge in [0.25, 0.3) is 0 Å². The van der Waals surface area contributed by atoms with E-state index in [1.165, 1.54) is 11.3 Å². The number of carbonyl (C=O) groups excluding carboxylic acids is 3. The molecule has 1 aliphatic heterocycles. The third-order valence-corrected chi connectivity index (χ3v) is 4.15. The summed E-state index contributed by atoms with van der Waals surface area (Å²) in [6.45, 7) is 0.142. The lowest BCUT2D eigenvalue weighted by Crippen LogP contribution is -2.49. The molecule has 1 spiro atoms. The van der Waals surface area contributed by atoms with E-state index in [0.29, 0.717) is 12.8 Å². The Bertz CT molecular complexity index is 352. The Balaban J connectivity index is 2.01. The first kappa shape index (κ1) is 13.1. The summed E-state index contributed by atoms with van der Waals surface area (Å²) in [5.74, 6) is -0.739. The second kappa shape index (κ2) is 5.08. The minimum absolute atomic E-state index is 0.0600. The van der Waals surface area contributed by atoms with Crippen LogP contribution in [0.5, 0.6) is 0 Å². The van der Waals surface area contributed by atoms with E-state index in [1.54, 1.807) is 0 Å². The molecular weight excluding hydrogens is 232 g/mol. The molecule has 1 heterocycles. The van der Waals surface area contributed by atoms with Crippen molar-refractivity contribution in [2.45, 2.75) is 51.4 Å². The van der Waals surface area contributed by atoms with Gasteiger partial charge in [-0.3, -0.25) is 19.3 Å². The van der Waals surface area contributed by atoms with E-state index in [1.807, 2.05) is 0 Å². The maximum atomic E-state index is 12.0. The fourth-order valence-electron chi connectivity index (χ4n) is 3.16. The number of nitrogens with two attached hydrogens (primary N) is 1. The summed E-state index contributed by atoms with van der Waals surface area (Å²) >= 11 is 0. The summed E-state index contributed by atoms with van der Waals surface area (Å²) in [4.78, 5) is 36.0. The third-order valence-electron chi connectivity index (χ3n) is 4.15. The zero-order valence-electron chi connectivity index (χ0n) is 10.6. The highest BCUT2D eigenvalue weighted by Crippen LogP contribution is 2.45. The molecule has 2 fully saturated rings. The fourth-order valence-corrected chi connectivity index (χ4v) is 3.16. The Morgan fingerprint density at radius 2 is 1.67 bits per heavy atom. The predicted octanol–water partition coefficient (Wildman–Crippen LogP) is 0.961. The third kappa shape index (κ3) is 2.71. The molecule has 2 aliphatic rings. The van der Waals surface area contributed by atoms with Gasteiger partial charge in [-0.15, -0.1) is 0 Å². The van der Waals surface area contributed by atoms with E-state index in [-0.39, 0.29) is 30.2 Å². The van der Waals surface area contributed by atoms with Gasteiger partial charge in [-0.2, -0.15) is 0 Å². The van der Waals surface area contributed by atoms with Crippen LogP contribution >= 0.6 is 0 Å². The quantitative estimate of drug-likeness (QED) is 0.760. The number of nitrogens with zero attached hydrogens (tertiary/aromatic N) is 1. The zero-order chi connectivity index (χ0) is 13.2. The summed E-state index contributed by atoms with van der Waals surface area (Å²) in [6.07, 6.45) is 6.36. The standard InChI is InChI=1S/C13H20N2O3/c14-10(16)4-7-15-11(17)8-13(9-12(15)18)5-2-1-3-6-13/h1-9H2,(H2,14,16). The van der Waals surface area contributed by atoms with Crippen molar-refractivity contribution >= 4 is 17.7 Å².